The van der Waals surface area contributed by atoms with Gasteiger partial charge in [-0.15, -0.1) is 0 Å². The molecule has 0 atom stereocenters. The first-order valence-corrected chi connectivity index (χ1v) is 7.13. The molecule has 0 fully saturated rings. The van der Waals surface area contributed by atoms with Crippen molar-refractivity contribution < 1.29 is 9.47 Å². The van der Waals surface area contributed by atoms with E-state index in [4.69, 9.17) is 14.7 Å². The molecule has 0 unspecified atom stereocenters. The number of para-hydroxylation sites is 1. The molecule has 22 heavy (non-hydrogen) atoms. The van der Waals surface area contributed by atoms with Crippen LogP contribution in [-0.4, -0.2) is 13.2 Å². The van der Waals surface area contributed by atoms with Crippen LogP contribution in [0.2, 0.25) is 0 Å². The summed E-state index contributed by atoms with van der Waals surface area (Å²) in [6.07, 6.45) is 0. The molecule has 114 valence electrons. The predicted molar refractivity (Wildman–Crippen MR) is 85.6 cm³/mol. The van der Waals surface area contributed by atoms with Crippen LogP contribution < -0.4 is 20.3 Å². The van der Waals surface area contributed by atoms with E-state index in [0.29, 0.717) is 24.7 Å². The maximum Gasteiger partial charge on any atom is 0.174 e. The Hall–Kier alpha value is -2.71. The molecule has 0 aliphatic rings. The number of nitrogens with one attached hydrogen (secondary N) is 2. The molecule has 0 aromatic heterocycles. The van der Waals surface area contributed by atoms with E-state index < -0.39 is 0 Å². The smallest absolute Gasteiger partial charge is 0.174 e. The highest BCUT2D eigenvalue weighted by Crippen LogP contribution is 2.28. The fourth-order valence-corrected chi connectivity index (χ4v) is 1.93. The molecule has 0 saturated heterocycles. The zero-order valence-electron chi connectivity index (χ0n) is 12.5. The summed E-state index contributed by atoms with van der Waals surface area (Å²) < 4.78 is 10.9. The van der Waals surface area contributed by atoms with Gasteiger partial charge in [0.25, 0.3) is 0 Å². The summed E-state index contributed by atoms with van der Waals surface area (Å²) in [6.45, 7) is 3.10. The third-order valence-corrected chi connectivity index (χ3v) is 2.90. The van der Waals surface area contributed by atoms with E-state index in [0.717, 1.165) is 11.3 Å². The third-order valence-electron chi connectivity index (χ3n) is 2.90. The first-order valence-electron chi connectivity index (χ1n) is 7.13. The SMILES string of the molecule is CCOc1cc(CNNc2ccccc2)ccc1OCC#N. The molecular weight excluding hydrogens is 278 g/mol. The fraction of sp³-hybridized carbons (Fsp3) is 0.235. The van der Waals surface area contributed by atoms with Gasteiger partial charge in [-0.2, -0.15) is 5.26 Å². The molecule has 2 N–H and O–H groups in total. The van der Waals surface area contributed by atoms with Gasteiger partial charge in [0.15, 0.2) is 18.1 Å². The zero-order chi connectivity index (χ0) is 15.6. The number of benzene rings is 2. The van der Waals surface area contributed by atoms with Crippen LogP contribution in [0.4, 0.5) is 5.69 Å². The summed E-state index contributed by atoms with van der Waals surface area (Å²) in [7, 11) is 0. The number of nitrogens with zero attached hydrogens (tertiary/aromatic N) is 1. The van der Waals surface area contributed by atoms with Gasteiger partial charge in [-0.3, -0.25) is 0 Å². The number of hydrogen-bond donors (Lipinski definition) is 2. The topological polar surface area (TPSA) is 66.3 Å². The third kappa shape index (κ3) is 4.69. The van der Waals surface area contributed by atoms with Crippen LogP contribution in [-0.2, 0) is 6.54 Å². The summed E-state index contributed by atoms with van der Waals surface area (Å²) in [5.41, 5.74) is 8.33. The standard InChI is InChI=1S/C17H19N3O2/c1-2-21-17-12-14(8-9-16(17)22-11-10-18)13-19-20-15-6-4-3-5-7-15/h3-9,12,19-20H,2,11,13H2,1H3. The summed E-state index contributed by atoms with van der Waals surface area (Å²) >= 11 is 0. The average molecular weight is 297 g/mol. The van der Waals surface area contributed by atoms with Crippen LogP contribution in [0.3, 0.4) is 0 Å². The molecule has 0 heterocycles. The molecule has 5 heteroatoms. The van der Waals surface area contributed by atoms with Gasteiger partial charge < -0.3 is 14.9 Å². The first-order chi connectivity index (χ1) is 10.8. The van der Waals surface area contributed by atoms with Crippen molar-refractivity contribution in [3.63, 3.8) is 0 Å². The highest BCUT2D eigenvalue weighted by molar-refractivity contribution is 5.44. The number of hydrazine groups is 1. The van der Waals surface area contributed by atoms with Crippen molar-refractivity contribution in [2.75, 3.05) is 18.6 Å². The predicted octanol–water partition coefficient (Wildman–Crippen LogP) is 3.10. The molecule has 2 aromatic rings. The van der Waals surface area contributed by atoms with Gasteiger partial charge >= 0.3 is 0 Å². The molecule has 2 aromatic carbocycles. The maximum absolute atomic E-state index is 8.59. The highest BCUT2D eigenvalue weighted by Gasteiger charge is 2.06. The van der Waals surface area contributed by atoms with Crippen molar-refractivity contribution in [1.82, 2.24) is 5.43 Å². The Balaban J connectivity index is 1.96. The normalized spacial score (nSPS) is 9.82. The van der Waals surface area contributed by atoms with Crippen molar-refractivity contribution in [3.8, 4) is 17.6 Å². The second-order valence-corrected chi connectivity index (χ2v) is 4.51. The fourth-order valence-electron chi connectivity index (χ4n) is 1.93. The lowest BCUT2D eigenvalue weighted by molar-refractivity contribution is 0.298. The molecule has 2 rings (SSSR count). The van der Waals surface area contributed by atoms with Gasteiger partial charge in [0.2, 0.25) is 0 Å². The Labute approximate surface area is 130 Å². The maximum atomic E-state index is 8.59. The minimum atomic E-state index is 0.00718. The van der Waals surface area contributed by atoms with Crippen LogP contribution in [0.1, 0.15) is 12.5 Å². The van der Waals surface area contributed by atoms with Crippen molar-refractivity contribution >= 4 is 5.69 Å². The molecule has 0 aliphatic heterocycles. The van der Waals surface area contributed by atoms with Gasteiger partial charge in [0, 0.05) is 12.2 Å². The molecule has 0 bridgehead atoms. The molecule has 0 amide bonds. The number of anilines is 1. The van der Waals surface area contributed by atoms with Gasteiger partial charge in [0.05, 0.1) is 6.61 Å². The van der Waals surface area contributed by atoms with E-state index in [1.807, 2.05) is 61.5 Å². The Morgan fingerprint density at radius 3 is 2.59 bits per heavy atom. The van der Waals surface area contributed by atoms with Crippen molar-refractivity contribution in [3.05, 3.63) is 54.1 Å². The number of nitriles is 1. The van der Waals surface area contributed by atoms with Crippen LogP contribution in [0, 0.1) is 11.3 Å². The Morgan fingerprint density at radius 1 is 1.05 bits per heavy atom. The summed E-state index contributed by atoms with van der Waals surface area (Å²) in [4.78, 5) is 0. The van der Waals surface area contributed by atoms with Crippen LogP contribution in [0.15, 0.2) is 48.5 Å². The van der Waals surface area contributed by atoms with Crippen molar-refractivity contribution in [2.45, 2.75) is 13.5 Å². The van der Waals surface area contributed by atoms with Gasteiger partial charge in [0.1, 0.15) is 6.07 Å². The van der Waals surface area contributed by atoms with E-state index in [9.17, 15) is 0 Å². The lowest BCUT2D eigenvalue weighted by atomic mass is 10.2. The molecule has 0 aliphatic carbocycles. The van der Waals surface area contributed by atoms with E-state index in [1.54, 1.807) is 0 Å². The van der Waals surface area contributed by atoms with E-state index in [2.05, 4.69) is 10.9 Å². The van der Waals surface area contributed by atoms with Gasteiger partial charge in [-0.1, -0.05) is 24.3 Å². The number of rotatable bonds is 8. The summed E-state index contributed by atoms with van der Waals surface area (Å²) in [5, 5.41) is 8.59. The lowest BCUT2D eigenvalue weighted by Gasteiger charge is -2.13. The average Bonchev–Trinajstić information content (AvgIpc) is 2.55. The summed E-state index contributed by atoms with van der Waals surface area (Å²) in [5.74, 6) is 1.24. The monoisotopic (exact) mass is 297 g/mol. The Kier molecular flexibility index (Phi) is 6.09. The Morgan fingerprint density at radius 2 is 1.86 bits per heavy atom. The van der Waals surface area contributed by atoms with Gasteiger partial charge in [-0.25, -0.2) is 5.43 Å². The number of hydrogen-bond acceptors (Lipinski definition) is 5. The van der Waals surface area contributed by atoms with E-state index in [1.165, 1.54) is 0 Å². The van der Waals surface area contributed by atoms with E-state index in [-0.39, 0.29) is 6.61 Å². The minimum Gasteiger partial charge on any atom is -0.490 e. The van der Waals surface area contributed by atoms with E-state index >= 15 is 0 Å². The second-order valence-electron chi connectivity index (χ2n) is 4.51. The van der Waals surface area contributed by atoms with Crippen LogP contribution in [0.25, 0.3) is 0 Å². The van der Waals surface area contributed by atoms with Crippen molar-refractivity contribution in [2.24, 2.45) is 0 Å². The highest BCUT2D eigenvalue weighted by atomic mass is 16.5. The molecule has 0 radical (unpaired) electrons. The molecule has 5 nitrogen and oxygen atoms in total. The largest absolute Gasteiger partial charge is 0.490 e. The molecule has 0 spiro atoms. The summed E-state index contributed by atoms with van der Waals surface area (Å²) in [6, 6.07) is 17.5. The number of ether oxygens (including phenoxy) is 2. The van der Waals surface area contributed by atoms with Gasteiger partial charge in [-0.05, 0) is 36.8 Å². The molecular formula is C17H19N3O2. The Bertz CT molecular complexity index is 624. The first kappa shape index (κ1) is 15.7. The van der Waals surface area contributed by atoms with Crippen molar-refractivity contribution in [1.29, 1.82) is 5.26 Å². The lowest BCUT2D eigenvalue weighted by Crippen LogP contribution is -2.20. The van der Waals surface area contributed by atoms with Crippen LogP contribution in [0.5, 0.6) is 11.5 Å². The zero-order valence-corrected chi connectivity index (χ0v) is 12.5. The minimum absolute atomic E-state index is 0.00718. The molecule has 0 saturated carbocycles. The van der Waals surface area contributed by atoms with Crippen LogP contribution >= 0.6 is 0 Å². The second kappa shape index (κ2) is 8.55. The quantitative estimate of drug-likeness (QED) is 0.733.